The Hall–Kier alpha value is -1.84. The van der Waals surface area contributed by atoms with Crippen LogP contribution in [0.15, 0.2) is 24.5 Å². The second-order valence-corrected chi connectivity index (χ2v) is 6.00. The number of aromatic carboxylic acids is 1. The van der Waals surface area contributed by atoms with E-state index in [4.69, 9.17) is 5.11 Å². The average Bonchev–Trinajstić information content (AvgIpc) is 2.84. The zero-order valence-corrected chi connectivity index (χ0v) is 11.9. The van der Waals surface area contributed by atoms with Crippen LogP contribution >= 0.6 is 0 Å². The molecule has 0 bridgehead atoms. The van der Waals surface area contributed by atoms with Crippen LogP contribution < -0.4 is 0 Å². The summed E-state index contributed by atoms with van der Waals surface area (Å²) in [6.45, 7) is 4.63. The minimum Gasteiger partial charge on any atom is -0.478 e. The first-order valence-electron chi connectivity index (χ1n) is 7.28. The summed E-state index contributed by atoms with van der Waals surface area (Å²) in [6, 6.07) is 5.68. The standard InChI is InChI=1S/C16H20N2O2/c1-10-4-3-5-14(11(10)2)18-9-17-13-8-12(16(19)20)6-7-15(13)18/h6-11,14H,3-5H2,1-2H3,(H,19,20)/t10-,11+,14+/m1/s1. The monoisotopic (exact) mass is 272 g/mol. The fourth-order valence-electron chi connectivity index (χ4n) is 3.38. The zero-order valence-electron chi connectivity index (χ0n) is 11.9. The number of rotatable bonds is 2. The number of carboxylic acids is 1. The first-order chi connectivity index (χ1) is 9.58. The Bertz CT molecular complexity index is 647. The Morgan fingerprint density at radius 1 is 1.35 bits per heavy atom. The molecule has 4 nitrogen and oxygen atoms in total. The molecule has 0 saturated heterocycles. The number of fused-ring (bicyclic) bond motifs is 1. The molecular formula is C16H20N2O2. The van der Waals surface area contributed by atoms with E-state index in [1.54, 1.807) is 12.1 Å². The molecular weight excluding hydrogens is 252 g/mol. The number of benzene rings is 1. The smallest absolute Gasteiger partial charge is 0.335 e. The first-order valence-corrected chi connectivity index (χ1v) is 7.28. The van der Waals surface area contributed by atoms with Gasteiger partial charge in [0, 0.05) is 6.04 Å². The van der Waals surface area contributed by atoms with Gasteiger partial charge in [-0.15, -0.1) is 0 Å². The molecule has 1 aromatic heterocycles. The van der Waals surface area contributed by atoms with Crippen LogP contribution in [0.4, 0.5) is 0 Å². The molecule has 3 rings (SSSR count). The van der Waals surface area contributed by atoms with Crippen LogP contribution in [0.1, 0.15) is 49.5 Å². The lowest BCUT2D eigenvalue weighted by Crippen LogP contribution is -2.26. The van der Waals surface area contributed by atoms with E-state index in [2.05, 4.69) is 23.4 Å². The second-order valence-electron chi connectivity index (χ2n) is 6.00. The van der Waals surface area contributed by atoms with Gasteiger partial charge in [0.1, 0.15) is 0 Å². The molecule has 0 spiro atoms. The Morgan fingerprint density at radius 2 is 2.15 bits per heavy atom. The third kappa shape index (κ3) is 2.09. The highest BCUT2D eigenvalue weighted by molar-refractivity contribution is 5.92. The van der Waals surface area contributed by atoms with Crippen LogP contribution in [-0.4, -0.2) is 20.6 Å². The number of hydrogen-bond acceptors (Lipinski definition) is 2. The maximum Gasteiger partial charge on any atom is 0.335 e. The summed E-state index contributed by atoms with van der Waals surface area (Å²) in [7, 11) is 0. The van der Waals surface area contributed by atoms with Crippen molar-refractivity contribution in [1.82, 2.24) is 9.55 Å². The Balaban J connectivity index is 2.02. The largest absolute Gasteiger partial charge is 0.478 e. The van der Waals surface area contributed by atoms with Crippen LogP contribution in [0.5, 0.6) is 0 Å². The van der Waals surface area contributed by atoms with Gasteiger partial charge in [-0.2, -0.15) is 0 Å². The predicted octanol–water partition coefficient (Wildman–Crippen LogP) is 3.73. The Kier molecular flexibility index (Phi) is 3.24. The molecule has 0 radical (unpaired) electrons. The number of aromatic nitrogens is 2. The van der Waals surface area contributed by atoms with Crippen LogP contribution in [0, 0.1) is 11.8 Å². The molecule has 1 aromatic carbocycles. The number of nitrogens with zero attached hydrogens (tertiary/aromatic N) is 2. The van der Waals surface area contributed by atoms with Crippen LogP contribution in [-0.2, 0) is 0 Å². The topological polar surface area (TPSA) is 55.1 Å². The molecule has 0 aliphatic heterocycles. The van der Waals surface area contributed by atoms with Crippen molar-refractivity contribution in [2.75, 3.05) is 0 Å². The van der Waals surface area contributed by atoms with Crippen molar-refractivity contribution in [3.05, 3.63) is 30.1 Å². The van der Waals surface area contributed by atoms with Gasteiger partial charge < -0.3 is 9.67 Å². The van der Waals surface area contributed by atoms with Crippen molar-refractivity contribution < 1.29 is 9.90 Å². The lowest BCUT2D eigenvalue weighted by Gasteiger charge is -2.35. The summed E-state index contributed by atoms with van der Waals surface area (Å²) in [5.74, 6) is 0.450. The van der Waals surface area contributed by atoms with Gasteiger partial charge in [-0.3, -0.25) is 0 Å². The lowest BCUT2D eigenvalue weighted by molar-refractivity contribution is 0.0697. The number of carboxylic acid groups (broad SMARTS) is 1. The Labute approximate surface area is 118 Å². The number of hydrogen-bond donors (Lipinski definition) is 1. The average molecular weight is 272 g/mol. The molecule has 1 saturated carbocycles. The molecule has 1 N–H and O–H groups in total. The highest BCUT2D eigenvalue weighted by Crippen LogP contribution is 2.38. The van der Waals surface area contributed by atoms with Gasteiger partial charge in [-0.1, -0.05) is 26.7 Å². The summed E-state index contributed by atoms with van der Waals surface area (Å²) in [5, 5.41) is 9.04. The summed E-state index contributed by atoms with van der Waals surface area (Å²) in [4.78, 5) is 15.4. The SMILES string of the molecule is C[C@H]1[C@H](C)CCC[C@@H]1n1cnc2cc(C(=O)O)ccc21. The van der Waals surface area contributed by atoms with Crippen molar-refractivity contribution in [1.29, 1.82) is 0 Å². The highest BCUT2D eigenvalue weighted by Gasteiger charge is 2.29. The molecule has 20 heavy (non-hydrogen) atoms. The van der Waals surface area contributed by atoms with E-state index in [1.807, 2.05) is 12.4 Å². The van der Waals surface area contributed by atoms with E-state index in [9.17, 15) is 4.79 Å². The normalized spacial score (nSPS) is 26.8. The number of imidazole rings is 1. The van der Waals surface area contributed by atoms with Crippen LogP contribution in [0.25, 0.3) is 11.0 Å². The molecule has 106 valence electrons. The van der Waals surface area contributed by atoms with Gasteiger partial charge in [0.2, 0.25) is 0 Å². The third-order valence-electron chi connectivity index (χ3n) is 4.84. The van der Waals surface area contributed by atoms with Crippen molar-refractivity contribution in [2.45, 2.75) is 39.2 Å². The lowest BCUT2D eigenvalue weighted by atomic mass is 9.78. The van der Waals surface area contributed by atoms with Crippen LogP contribution in [0.3, 0.4) is 0 Å². The maximum absolute atomic E-state index is 11.0. The summed E-state index contributed by atoms with van der Waals surface area (Å²) < 4.78 is 2.24. The molecule has 3 atom stereocenters. The molecule has 2 aromatic rings. The van der Waals surface area contributed by atoms with E-state index in [-0.39, 0.29) is 0 Å². The van der Waals surface area contributed by atoms with Crippen molar-refractivity contribution >= 4 is 17.0 Å². The Morgan fingerprint density at radius 3 is 2.90 bits per heavy atom. The minimum atomic E-state index is -0.902. The summed E-state index contributed by atoms with van der Waals surface area (Å²) in [6.07, 6.45) is 5.60. The molecule has 4 heteroatoms. The van der Waals surface area contributed by atoms with Gasteiger partial charge in [0.25, 0.3) is 0 Å². The van der Waals surface area contributed by atoms with Gasteiger partial charge >= 0.3 is 5.97 Å². The third-order valence-corrected chi connectivity index (χ3v) is 4.84. The fraction of sp³-hybridized carbons (Fsp3) is 0.500. The second kappa shape index (κ2) is 4.93. The molecule has 0 amide bonds. The van der Waals surface area contributed by atoms with Crippen LogP contribution in [0.2, 0.25) is 0 Å². The van der Waals surface area contributed by atoms with E-state index >= 15 is 0 Å². The van der Waals surface area contributed by atoms with Gasteiger partial charge in [-0.25, -0.2) is 9.78 Å². The summed E-state index contributed by atoms with van der Waals surface area (Å²) >= 11 is 0. The zero-order chi connectivity index (χ0) is 14.3. The molecule has 1 aliphatic rings. The molecule has 1 heterocycles. The van der Waals surface area contributed by atoms with E-state index < -0.39 is 5.97 Å². The molecule has 1 fully saturated rings. The minimum absolute atomic E-state index is 0.299. The van der Waals surface area contributed by atoms with Crippen molar-refractivity contribution in [3.8, 4) is 0 Å². The summed E-state index contributed by atoms with van der Waals surface area (Å²) in [5.41, 5.74) is 2.11. The van der Waals surface area contributed by atoms with Gasteiger partial charge in [0.05, 0.1) is 22.9 Å². The number of carbonyl (C=O) groups is 1. The fourth-order valence-corrected chi connectivity index (χ4v) is 3.38. The maximum atomic E-state index is 11.0. The van der Waals surface area contributed by atoms with Gasteiger partial charge in [-0.05, 0) is 36.5 Å². The van der Waals surface area contributed by atoms with Crippen molar-refractivity contribution in [2.24, 2.45) is 11.8 Å². The van der Waals surface area contributed by atoms with E-state index in [0.717, 1.165) is 17.0 Å². The molecule has 1 aliphatic carbocycles. The van der Waals surface area contributed by atoms with E-state index in [1.165, 1.54) is 19.3 Å². The quantitative estimate of drug-likeness (QED) is 0.906. The first kappa shape index (κ1) is 13.2. The van der Waals surface area contributed by atoms with E-state index in [0.29, 0.717) is 17.5 Å². The highest BCUT2D eigenvalue weighted by atomic mass is 16.4. The van der Waals surface area contributed by atoms with Gasteiger partial charge in [0.15, 0.2) is 0 Å². The van der Waals surface area contributed by atoms with Crippen molar-refractivity contribution in [3.63, 3.8) is 0 Å². The predicted molar refractivity (Wildman–Crippen MR) is 77.9 cm³/mol. The molecule has 0 unspecified atom stereocenters.